The summed E-state index contributed by atoms with van der Waals surface area (Å²) < 4.78 is 14.6. The van der Waals surface area contributed by atoms with Gasteiger partial charge >= 0.3 is 0 Å². The molecule has 0 spiro atoms. The van der Waals surface area contributed by atoms with Gasteiger partial charge in [0.1, 0.15) is 5.82 Å². The van der Waals surface area contributed by atoms with Crippen molar-refractivity contribution in [1.82, 2.24) is 9.78 Å². The number of aliphatic imine (C=N–C) groups is 1. The van der Waals surface area contributed by atoms with Crippen LogP contribution in [0.15, 0.2) is 34.1 Å². The minimum absolute atomic E-state index is 0.121. The van der Waals surface area contributed by atoms with E-state index in [1.54, 1.807) is 18.3 Å². The molecule has 1 aromatic heterocycles. The van der Waals surface area contributed by atoms with Crippen LogP contribution < -0.4 is 5.56 Å². The summed E-state index contributed by atoms with van der Waals surface area (Å²) in [6.07, 6.45) is 9.41. The Morgan fingerprint density at radius 1 is 1.25 bits per heavy atom. The third kappa shape index (κ3) is 3.66. The first-order valence-corrected chi connectivity index (χ1v) is 8.82. The lowest BCUT2D eigenvalue weighted by atomic mass is 9.96. The van der Waals surface area contributed by atoms with Gasteiger partial charge in [-0.1, -0.05) is 32.6 Å². The van der Waals surface area contributed by atoms with Crippen LogP contribution in [0.4, 0.5) is 4.39 Å². The van der Waals surface area contributed by atoms with Crippen molar-refractivity contribution in [3.63, 3.8) is 0 Å². The van der Waals surface area contributed by atoms with E-state index in [0.717, 1.165) is 31.4 Å². The molecule has 0 atom stereocenters. The summed E-state index contributed by atoms with van der Waals surface area (Å²) in [6, 6.07) is 6.26. The van der Waals surface area contributed by atoms with Gasteiger partial charge < -0.3 is 0 Å². The fraction of sp³-hybridized carbons (Fsp3) is 0.474. The van der Waals surface area contributed by atoms with E-state index in [2.05, 4.69) is 17.0 Å². The van der Waals surface area contributed by atoms with E-state index in [-0.39, 0.29) is 11.4 Å². The van der Waals surface area contributed by atoms with E-state index in [9.17, 15) is 9.18 Å². The van der Waals surface area contributed by atoms with Crippen LogP contribution in [0, 0.1) is 5.82 Å². The van der Waals surface area contributed by atoms with Crippen LogP contribution in [0.25, 0.3) is 5.69 Å². The molecule has 1 aliphatic carbocycles. The third-order valence-corrected chi connectivity index (χ3v) is 4.58. The van der Waals surface area contributed by atoms with Crippen LogP contribution in [0.5, 0.6) is 0 Å². The molecule has 1 aliphatic rings. The zero-order chi connectivity index (χ0) is 16.9. The molecule has 24 heavy (non-hydrogen) atoms. The molecule has 1 saturated carbocycles. The van der Waals surface area contributed by atoms with Crippen LogP contribution >= 0.6 is 0 Å². The molecule has 1 N–H and O–H groups in total. The molecule has 3 rings (SSSR count). The molecular formula is C19H24FN3O. The standard InChI is InChI=1S/C19H24FN3O/c1-2-6-18-17(13-21-15-7-4-3-5-8-15)19(24)23(22-18)16-11-9-14(20)10-12-16/h9-13,15,22H,2-8H2,1H3. The maximum absolute atomic E-state index is 13.1. The molecule has 128 valence electrons. The molecule has 0 bridgehead atoms. The third-order valence-electron chi connectivity index (χ3n) is 4.58. The predicted octanol–water partition coefficient (Wildman–Crippen LogP) is 4.01. The second-order valence-corrected chi connectivity index (χ2v) is 6.44. The van der Waals surface area contributed by atoms with Gasteiger partial charge in [-0.2, -0.15) is 0 Å². The summed E-state index contributed by atoms with van der Waals surface area (Å²) in [5, 5.41) is 3.16. The van der Waals surface area contributed by atoms with Crippen molar-refractivity contribution in [3.8, 4) is 5.69 Å². The zero-order valence-corrected chi connectivity index (χ0v) is 14.1. The number of aryl methyl sites for hydroxylation is 1. The predicted molar refractivity (Wildman–Crippen MR) is 94.8 cm³/mol. The van der Waals surface area contributed by atoms with Gasteiger partial charge in [0.2, 0.25) is 0 Å². The van der Waals surface area contributed by atoms with Crippen LogP contribution in [-0.2, 0) is 6.42 Å². The van der Waals surface area contributed by atoms with Crippen molar-refractivity contribution < 1.29 is 4.39 Å². The number of hydrogen-bond acceptors (Lipinski definition) is 2. The molecule has 1 fully saturated rings. The Labute approximate surface area is 141 Å². The van der Waals surface area contributed by atoms with Crippen molar-refractivity contribution >= 4 is 6.21 Å². The molecule has 5 heteroatoms. The van der Waals surface area contributed by atoms with Crippen LogP contribution in [0.1, 0.15) is 56.7 Å². The average Bonchev–Trinajstić information content (AvgIpc) is 2.91. The lowest BCUT2D eigenvalue weighted by Gasteiger charge is -2.16. The normalized spacial score (nSPS) is 16.1. The molecule has 1 heterocycles. The molecule has 2 aromatic rings. The molecule has 0 saturated heterocycles. The Balaban J connectivity index is 1.93. The van der Waals surface area contributed by atoms with Gasteiger partial charge in [0.05, 0.1) is 11.3 Å². The largest absolute Gasteiger partial charge is 0.294 e. The number of halogens is 1. The lowest BCUT2D eigenvalue weighted by Crippen LogP contribution is -2.18. The Kier molecular flexibility index (Phi) is 5.28. The number of aromatic amines is 1. The maximum atomic E-state index is 13.1. The van der Waals surface area contributed by atoms with E-state index >= 15 is 0 Å². The van der Waals surface area contributed by atoms with Crippen molar-refractivity contribution in [2.45, 2.75) is 57.9 Å². The first kappa shape index (κ1) is 16.7. The summed E-state index contributed by atoms with van der Waals surface area (Å²) in [5.74, 6) is -0.314. The highest BCUT2D eigenvalue weighted by atomic mass is 19.1. The summed E-state index contributed by atoms with van der Waals surface area (Å²) in [5.41, 5.74) is 2.04. The van der Waals surface area contributed by atoms with Crippen LogP contribution in [-0.4, -0.2) is 22.0 Å². The molecule has 0 aliphatic heterocycles. The fourth-order valence-electron chi connectivity index (χ4n) is 3.25. The molecule has 0 radical (unpaired) electrons. The summed E-state index contributed by atoms with van der Waals surface area (Å²) in [7, 11) is 0. The van der Waals surface area contributed by atoms with Gasteiger partial charge in [-0.25, -0.2) is 9.07 Å². The number of benzene rings is 1. The maximum Gasteiger partial charge on any atom is 0.280 e. The quantitative estimate of drug-likeness (QED) is 0.828. The number of rotatable bonds is 5. The topological polar surface area (TPSA) is 50.1 Å². The van der Waals surface area contributed by atoms with Crippen LogP contribution in [0.2, 0.25) is 0 Å². The second kappa shape index (κ2) is 7.60. The van der Waals surface area contributed by atoms with Gasteiger partial charge in [0, 0.05) is 18.0 Å². The number of nitrogens with one attached hydrogen (secondary N) is 1. The summed E-state index contributed by atoms with van der Waals surface area (Å²) in [6.45, 7) is 2.08. The minimum atomic E-state index is -0.314. The van der Waals surface area contributed by atoms with Crippen molar-refractivity contribution in [3.05, 3.63) is 51.7 Å². The Morgan fingerprint density at radius 2 is 1.96 bits per heavy atom. The molecule has 0 amide bonds. The van der Waals surface area contributed by atoms with E-state index in [4.69, 9.17) is 0 Å². The highest BCUT2D eigenvalue weighted by Crippen LogP contribution is 2.20. The van der Waals surface area contributed by atoms with E-state index < -0.39 is 0 Å². The molecule has 0 unspecified atom stereocenters. The Bertz CT molecular complexity index is 752. The van der Waals surface area contributed by atoms with Gasteiger partial charge in [-0.05, 0) is 43.5 Å². The van der Waals surface area contributed by atoms with E-state index in [0.29, 0.717) is 17.3 Å². The van der Waals surface area contributed by atoms with Gasteiger partial charge in [-0.15, -0.1) is 0 Å². The van der Waals surface area contributed by atoms with Gasteiger partial charge in [0.25, 0.3) is 5.56 Å². The van der Waals surface area contributed by atoms with Gasteiger partial charge in [0.15, 0.2) is 0 Å². The van der Waals surface area contributed by atoms with Gasteiger partial charge in [-0.3, -0.25) is 14.9 Å². The molecule has 1 aromatic carbocycles. The minimum Gasteiger partial charge on any atom is -0.294 e. The van der Waals surface area contributed by atoms with Crippen molar-refractivity contribution in [1.29, 1.82) is 0 Å². The smallest absolute Gasteiger partial charge is 0.280 e. The van der Waals surface area contributed by atoms with Crippen molar-refractivity contribution in [2.24, 2.45) is 4.99 Å². The lowest BCUT2D eigenvalue weighted by molar-refractivity contribution is 0.444. The zero-order valence-electron chi connectivity index (χ0n) is 14.1. The number of nitrogens with zero attached hydrogens (tertiary/aromatic N) is 2. The summed E-state index contributed by atoms with van der Waals surface area (Å²) >= 11 is 0. The monoisotopic (exact) mass is 329 g/mol. The molecule has 4 nitrogen and oxygen atoms in total. The number of aromatic nitrogens is 2. The Morgan fingerprint density at radius 3 is 2.62 bits per heavy atom. The highest BCUT2D eigenvalue weighted by molar-refractivity contribution is 5.81. The van der Waals surface area contributed by atoms with Crippen LogP contribution in [0.3, 0.4) is 0 Å². The SMILES string of the molecule is CCCc1[nH]n(-c2ccc(F)cc2)c(=O)c1C=NC1CCCCC1. The second-order valence-electron chi connectivity index (χ2n) is 6.44. The van der Waals surface area contributed by atoms with Crippen molar-refractivity contribution in [2.75, 3.05) is 0 Å². The first-order valence-electron chi connectivity index (χ1n) is 8.82. The van der Waals surface area contributed by atoms with E-state index in [1.165, 1.54) is 36.1 Å². The summed E-state index contributed by atoms with van der Waals surface area (Å²) in [4.78, 5) is 17.4. The Hall–Kier alpha value is -2.17. The first-order chi connectivity index (χ1) is 11.7. The molecular weight excluding hydrogens is 305 g/mol. The number of H-pyrrole nitrogens is 1. The van der Waals surface area contributed by atoms with E-state index in [1.807, 2.05) is 0 Å². The highest BCUT2D eigenvalue weighted by Gasteiger charge is 2.15. The average molecular weight is 329 g/mol. The number of hydrogen-bond donors (Lipinski definition) is 1. The fourth-order valence-corrected chi connectivity index (χ4v) is 3.25.